The molecule has 84 valence electrons. The largest absolute Gasteiger partial charge is 0.398 e. The molecule has 1 rings (SSSR count). The van der Waals surface area contributed by atoms with Crippen LogP contribution in [0.25, 0.3) is 0 Å². The minimum atomic E-state index is -3.69. The highest BCUT2D eigenvalue weighted by Gasteiger charge is 2.40. The number of hydrogen-bond donors (Lipinski definition) is 1. The number of nitrogens with two attached hydrogens (primary N) is 1. The van der Waals surface area contributed by atoms with E-state index in [2.05, 4.69) is 0 Å². The van der Waals surface area contributed by atoms with Crippen molar-refractivity contribution in [2.45, 2.75) is 15.8 Å². The van der Waals surface area contributed by atoms with Gasteiger partial charge in [-0.15, -0.1) is 0 Å². The summed E-state index contributed by atoms with van der Waals surface area (Å²) in [5.74, 6) is 0. The van der Waals surface area contributed by atoms with E-state index in [9.17, 15) is 13.2 Å². The van der Waals surface area contributed by atoms with Crippen LogP contribution >= 0.6 is 35.0 Å². The first-order valence-electron chi connectivity index (χ1n) is 3.73. The minimum absolute atomic E-state index is 0.00343. The van der Waals surface area contributed by atoms with E-state index >= 15 is 0 Å². The summed E-state index contributed by atoms with van der Waals surface area (Å²) in [6, 6.07) is 3.91. The maximum atomic E-state index is 12.8. The predicted molar refractivity (Wildman–Crippen MR) is 57.4 cm³/mol. The number of thioether (sulfide) groups is 1. The molecule has 0 bridgehead atoms. The molecule has 1 nitrogen and oxygen atoms in total. The zero-order valence-corrected chi connectivity index (χ0v) is 9.51. The Morgan fingerprint density at radius 1 is 1.40 bits per heavy atom. The van der Waals surface area contributed by atoms with E-state index in [0.29, 0.717) is 0 Å². The van der Waals surface area contributed by atoms with Gasteiger partial charge in [0.1, 0.15) is 0 Å². The van der Waals surface area contributed by atoms with Gasteiger partial charge < -0.3 is 5.73 Å². The monoisotopic (exact) mass is 275 g/mol. The molecule has 1 unspecified atom stereocenters. The fourth-order valence-corrected chi connectivity index (χ4v) is 1.87. The summed E-state index contributed by atoms with van der Waals surface area (Å²) in [5.41, 5.74) is 2.90. The van der Waals surface area contributed by atoms with Crippen LogP contribution in [0.2, 0.25) is 5.02 Å². The van der Waals surface area contributed by atoms with Crippen molar-refractivity contribution < 1.29 is 13.2 Å². The van der Waals surface area contributed by atoms with Crippen LogP contribution in [0.3, 0.4) is 0 Å². The number of nitrogen functional groups attached to an aromatic ring is 1. The molecule has 1 aromatic rings. The molecular weight excluding hydrogens is 270 g/mol. The summed E-state index contributed by atoms with van der Waals surface area (Å²) in [6.45, 7) is 0. The van der Waals surface area contributed by atoms with Crippen molar-refractivity contribution in [2.75, 3.05) is 5.73 Å². The van der Waals surface area contributed by atoms with Crippen molar-refractivity contribution >= 4 is 40.7 Å². The summed E-state index contributed by atoms with van der Waals surface area (Å²) in [7, 11) is 0. The molecule has 0 saturated heterocycles. The fourth-order valence-electron chi connectivity index (χ4n) is 0.773. The van der Waals surface area contributed by atoms with Crippen molar-refractivity contribution in [3.63, 3.8) is 0 Å². The van der Waals surface area contributed by atoms with E-state index in [-0.39, 0.29) is 27.4 Å². The normalized spacial score (nSPS) is 13.9. The summed E-state index contributed by atoms with van der Waals surface area (Å²) in [6.07, 6.45) is 0. The molecule has 0 aromatic heterocycles. The predicted octanol–water partition coefficient (Wildman–Crippen LogP) is 4.14. The third-order valence-corrected chi connectivity index (χ3v) is 3.18. The molecule has 0 heterocycles. The summed E-state index contributed by atoms with van der Waals surface area (Å²) in [5, 5.41) is -3.55. The van der Waals surface area contributed by atoms with Crippen LogP contribution in [0.15, 0.2) is 23.1 Å². The molecule has 0 aliphatic carbocycles. The molecule has 0 aliphatic rings. The van der Waals surface area contributed by atoms with E-state index in [1.54, 1.807) is 0 Å². The first-order valence-corrected chi connectivity index (χ1v) is 5.36. The van der Waals surface area contributed by atoms with E-state index < -0.39 is 10.9 Å². The highest BCUT2D eigenvalue weighted by molar-refractivity contribution is 8.00. The lowest BCUT2D eigenvalue weighted by Gasteiger charge is -2.15. The number of benzene rings is 1. The van der Waals surface area contributed by atoms with Crippen molar-refractivity contribution in [2.24, 2.45) is 0 Å². The van der Waals surface area contributed by atoms with Crippen LogP contribution in [0.1, 0.15) is 0 Å². The highest BCUT2D eigenvalue weighted by atomic mass is 35.5. The average Bonchev–Trinajstić information content (AvgIpc) is 2.10. The second kappa shape index (κ2) is 4.72. The Hall–Kier alpha value is -0.260. The fraction of sp³-hybridized carbons (Fsp3) is 0.250. The Labute approximate surface area is 98.7 Å². The molecule has 1 aromatic carbocycles. The summed E-state index contributed by atoms with van der Waals surface area (Å²) < 4.78 is 38.0. The highest BCUT2D eigenvalue weighted by Crippen LogP contribution is 2.42. The van der Waals surface area contributed by atoms with Crippen LogP contribution in [0.5, 0.6) is 0 Å². The van der Waals surface area contributed by atoms with Gasteiger partial charge in [0.2, 0.25) is 5.63 Å². The van der Waals surface area contributed by atoms with E-state index in [1.165, 1.54) is 18.2 Å². The van der Waals surface area contributed by atoms with Gasteiger partial charge >= 0.3 is 5.25 Å². The summed E-state index contributed by atoms with van der Waals surface area (Å²) >= 11 is 10.3. The second-order valence-corrected chi connectivity index (χ2v) is 4.66. The Bertz CT molecular complexity index is 360. The molecule has 15 heavy (non-hydrogen) atoms. The van der Waals surface area contributed by atoms with Crippen LogP contribution in [0.4, 0.5) is 18.9 Å². The SMILES string of the molecule is Nc1ccc(SC(F)(F)C(F)Cl)cc1Cl. The van der Waals surface area contributed by atoms with E-state index in [4.69, 9.17) is 28.9 Å². The van der Waals surface area contributed by atoms with Gasteiger partial charge in [0.15, 0.2) is 0 Å². The zero-order chi connectivity index (χ0) is 11.6. The van der Waals surface area contributed by atoms with Crippen LogP contribution in [-0.4, -0.2) is 10.9 Å². The molecular formula is C8H6Cl2F3NS. The molecule has 1 atom stereocenters. The lowest BCUT2D eigenvalue weighted by molar-refractivity contribution is 0.0537. The molecule has 7 heteroatoms. The van der Waals surface area contributed by atoms with Crippen molar-refractivity contribution in [3.8, 4) is 0 Å². The minimum Gasteiger partial charge on any atom is -0.398 e. The van der Waals surface area contributed by atoms with Gasteiger partial charge in [-0.1, -0.05) is 23.2 Å². The topological polar surface area (TPSA) is 26.0 Å². The van der Waals surface area contributed by atoms with Crippen LogP contribution in [-0.2, 0) is 0 Å². The Kier molecular flexibility index (Phi) is 4.03. The molecule has 0 spiro atoms. The lowest BCUT2D eigenvalue weighted by Crippen LogP contribution is -2.20. The Morgan fingerprint density at radius 3 is 2.47 bits per heavy atom. The zero-order valence-electron chi connectivity index (χ0n) is 7.18. The van der Waals surface area contributed by atoms with Gasteiger partial charge in [0.25, 0.3) is 0 Å². The Balaban J connectivity index is 2.86. The van der Waals surface area contributed by atoms with Crippen molar-refractivity contribution in [1.29, 1.82) is 0 Å². The third kappa shape index (κ3) is 3.36. The van der Waals surface area contributed by atoms with Gasteiger partial charge in [-0.25, -0.2) is 4.39 Å². The maximum absolute atomic E-state index is 12.8. The molecule has 0 saturated carbocycles. The van der Waals surface area contributed by atoms with Crippen molar-refractivity contribution in [1.82, 2.24) is 0 Å². The standard InChI is InChI=1S/C8H6Cl2F3NS/c9-5-3-4(1-2-6(5)14)15-8(12,13)7(10)11/h1-3,7H,14H2. The number of anilines is 1. The summed E-state index contributed by atoms with van der Waals surface area (Å²) in [4.78, 5) is 0.0995. The van der Waals surface area contributed by atoms with Crippen LogP contribution in [0, 0.1) is 0 Å². The van der Waals surface area contributed by atoms with Crippen LogP contribution < -0.4 is 5.73 Å². The smallest absolute Gasteiger partial charge is 0.342 e. The number of alkyl halides is 4. The first kappa shape index (κ1) is 12.8. The maximum Gasteiger partial charge on any atom is 0.342 e. The lowest BCUT2D eigenvalue weighted by atomic mass is 10.3. The van der Waals surface area contributed by atoms with Gasteiger partial charge in [0.05, 0.1) is 10.7 Å². The third-order valence-electron chi connectivity index (χ3n) is 1.48. The molecule has 0 fully saturated rings. The van der Waals surface area contributed by atoms with Gasteiger partial charge in [0, 0.05) is 4.90 Å². The van der Waals surface area contributed by atoms with Gasteiger partial charge in [-0.05, 0) is 30.0 Å². The van der Waals surface area contributed by atoms with Gasteiger partial charge in [-0.3, -0.25) is 0 Å². The first-order chi connectivity index (χ1) is 6.83. The quantitative estimate of drug-likeness (QED) is 0.510. The number of halogens is 5. The van der Waals surface area contributed by atoms with E-state index in [1.807, 2.05) is 0 Å². The molecule has 0 amide bonds. The average molecular weight is 276 g/mol. The molecule has 0 radical (unpaired) electrons. The second-order valence-electron chi connectivity index (χ2n) is 2.65. The number of rotatable bonds is 3. The number of hydrogen-bond acceptors (Lipinski definition) is 2. The van der Waals surface area contributed by atoms with Gasteiger partial charge in [-0.2, -0.15) is 8.78 Å². The van der Waals surface area contributed by atoms with Crippen molar-refractivity contribution in [3.05, 3.63) is 23.2 Å². The molecule has 0 aliphatic heterocycles. The Morgan fingerprint density at radius 2 is 2.00 bits per heavy atom. The molecule has 2 N–H and O–H groups in total. The van der Waals surface area contributed by atoms with E-state index in [0.717, 1.165) is 0 Å².